The monoisotopic (exact) mass is 327 g/mol. The van der Waals surface area contributed by atoms with Crippen molar-refractivity contribution in [3.05, 3.63) is 41.0 Å². The van der Waals surface area contributed by atoms with Crippen LogP contribution in [0.15, 0.2) is 24.3 Å². The molecule has 0 aromatic heterocycles. The van der Waals surface area contributed by atoms with E-state index in [9.17, 15) is 14.4 Å². The summed E-state index contributed by atoms with van der Waals surface area (Å²) in [5, 5.41) is 0. The summed E-state index contributed by atoms with van der Waals surface area (Å²) in [4.78, 5) is 38.1. The summed E-state index contributed by atoms with van der Waals surface area (Å²) >= 11 is 0. The van der Waals surface area contributed by atoms with Crippen LogP contribution in [0.3, 0.4) is 0 Å². The number of hydrogen-bond donors (Lipinski definition) is 0. The van der Waals surface area contributed by atoms with Crippen molar-refractivity contribution in [2.24, 2.45) is 11.8 Å². The van der Waals surface area contributed by atoms with Crippen molar-refractivity contribution in [2.75, 3.05) is 6.54 Å². The van der Waals surface area contributed by atoms with Gasteiger partial charge in [0.15, 0.2) is 0 Å². The number of imide groups is 1. The molecule has 2 amide bonds. The Labute approximate surface area is 141 Å². The van der Waals surface area contributed by atoms with Gasteiger partial charge in [-0.3, -0.25) is 14.5 Å². The zero-order chi connectivity index (χ0) is 17.4. The predicted octanol–water partition coefficient (Wildman–Crippen LogP) is 2.47. The van der Waals surface area contributed by atoms with Gasteiger partial charge in [0.05, 0.1) is 11.8 Å². The maximum atomic E-state index is 12.4. The van der Waals surface area contributed by atoms with E-state index in [1.165, 1.54) is 0 Å². The molecule has 1 aliphatic heterocycles. The molecule has 3 rings (SSSR count). The van der Waals surface area contributed by atoms with Crippen LogP contribution in [0.4, 0.5) is 0 Å². The van der Waals surface area contributed by atoms with E-state index in [0.29, 0.717) is 18.6 Å². The molecule has 2 atom stereocenters. The first-order chi connectivity index (χ1) is 11.4. The Kier molecular flexibility index (Phi) is 4.26. The number of hydrogen-bond acceptors (Lipinski definition) is 4. The molecule has 126 valence electrons. The van der Waals surface area contributed by atoms with E-state index in [1.54, 1.807) is 0 Å². The maximum Gasteiger partial charge on any atom is 0.331 e. The van der Waals surface area contributed by atoms with Gasteiger partial charge in [-0.05, 0) is 50.3 Å². The SMILES string of the molecule is Cc1ccc(C)c(OC(=O)CN2C(=O)C3CC=CCC3C2=O)c1C. The zero-order valence-corrected chi connectivity index (χ0v) is 14.2. The van der Waals surface area contributed by atoms with Crippen molar-refractivity contribution >= 4 is 17.8 Å². The van der Waals surface area contributed by atoms with Crippen molar-refractivity contribution in [2.45, 2.75) is 33.6 Å². The molecule has 0 radical (unpaired) electrons. The van der Waals surface area contributed by atoms with Gasteiger partial charge in [-0.25, -0.2) is 4.79 Å². The molecule has 1 aromatic carbocycles. The average Bonchev–Trinajstić information content (AvgIpc) is 2.81. The third-order valence-electron chi connectivity index (χ3n) is 4.98. The summed E-state index contributed by atoms with van der Waals surface area (Å²) < 4.78 is 5.47. The highest BCUT2D eigenvalue weighted by Gasteiger charge is 2.47. The zero-order valence-electron chi connectivity index (χ0n) is 14.2. The van der Waals surface area contributed by atoms with Gasteiger partial charge in [0.25, 0.3) is 0 Å². The molecule has 1 fully saturated rings. The number of rotatable bonds is 3. The van der Waals surface area contributed by atoms with Crippen LogP contribution in [0.5, 0.6) is 5.75 Å². The molecule has 24 heavy (non-hydrogen) atoms. The van der Waals surface area contributed by atoms with Crippen molar-refractivity contribution in [1.29, 1.82) is 0 Å². The minimum Gasteiger partial charge on any atom is -0.425 e. The van der Waals surface area contributed by atoms with E-state index in [4.69, 9.17) is 4.74 Å². The quantitative estimate of drug-likeness (QED) is 0.370. The number of benzene rings is 1. The number of ether oxygens (including phenoxy) is 1. The van der Waals surface area contributed by atoms with Crippen LogP contribution >= 0.6 is 0 Å². The lowest BCUT2D eigenvalue weighted by molar-refractivity contribution is -0.148. The molecular formula is C19H21NO4. The summed E-state index contributed by atoms with van der Waals surface area (Å²) in [6, 6.07) is 3.85. The minimum absolute atomic E-state index is 0.260. The summed E-state index contributed by atoms with van der Waals surface area (Å²) in [5.41, 5.74) is 2.76. The number of aryl methyl sites for hydroxylation is 2. The van der Waals surface area contributed by atoms with Crippen molar-refractivity contribution in [3.63, 3.8) is 0 Å². The third kappa shape index (κ3) is 2.75. The second-order valence-electron chi connectivity index (χ2n) is 6.55. The molecule has 0 spiro atoms. The van der Waals surface area contributed by atoms with Crippen LogP contribution in [0.25, 0.3) is 0 Å². The fraction of sp³-hybridized carbons (Fsp3) is 0.421. The largest absolute Gasteiger partial charge is 0.425 e. The average molecular weight is 327 g/mol. The molecule has 2 aliphatic rings. The fourth-order valence-corrected chi connectivity index (χ4v) is 3.38. The Balaban J connectivity index is 1.73. The normalized spacial score (nSPS) is 22.7. The summed E-state index contributed by atoms with van der Waals surface area (Å²) in [6.07, 6.45) is 4.98. The molecule has 0 saturated carbocycles. The molecule has 1 heterocycles. The van der Waals surface area contributed by atoms with Gasteiger partial charge >= 0.3 is 5.97 Å². The second kappa shape index (κ2) is 6.23. The van der Waals surface area contributed by atoms with Gasteiger partial charge in [0, 0.05) is 0 Å². The highest BCUT2D eigenvalue weighted by atomic mass is 16.5. The predicted molar refractivity (Wildman–Crippen MR) is 88.4 cm³/mol. The number of nitrogens with zero attached hydrogens (tertiary/aromatic N) is 1. The topological polar surface area (TPSA) is 63.7 Å². The minimum atomic E-state index is -0.583. The second-order valence-corrected chi connectivity index (χ2v) is 6.55. The van der Waals surface area contributed by atoms with E-state index in [-0.39, 0.29) is 30.2 Å². The Hall–Kier alpha value is -2.43. The number of fused-ring (bicyclic) bond motifs is 1. The molecule has 1 saturated heterocycles. The molecule has 0 bridgehead atoms. The molecule has 5 heteroatoms. The van der Waals surface area contributed by atoms with Gasteiger partial charge in [0.2, 0.25) is 11.8 Å². The van der Waals surface area contributed by atoms with Gasteiger partial charge in [-0.15, -0.1) is 0 Å². The van der Waals surface area contributed by atoms with Gasteiger partial charge in [-0.1, -0.05) is 24.3 Å². The highest BCUT2D eigenvalue weighted by molar-refractivity contribution is 6.07. The lowest BCUT2D eigenvalue weighted by Gasteiger charge is -2.16. The van der Waals surface area contributed by atoms with E-state index < -0.39 is 5.97 Å². The molecule has 5 nitrogen and oxygen atoms in total. The van der Waals surface area contributed by atoms with E-state index >= 15 is 0 Å². The number of amides is 2. The first kappa shape index (κ1) is 16.4. The van der Waals surface area contributed by atoms with Crippen molar-refractivity contribution in [3.8, 4) is 5.75 Å². The van der Waals surface area contributed by atoms with Crippen LogP contribution in [0, 0.1) is 32.6 Å². The number of carbonyl (C=O) groups is 3. The lowest BCUT2D eigenvalue weighted by atomic mass is 9.85. The van der Waals surface area contributed by atoms with Gasteiger partial charge < -0.3 is 4.74 Å². The molecule has 2 unspecified atom stereocenters. The van der Waals surface area contributed by atoms with Crippen LogP contribution in [-0.2, 0) is 14.4 Å². The summed E-state index contributed by atoms with van der Waals surface area (Å²) in [7, 11) is 0. The van der Waals surface area contributed by atoms with Crippen LogP contribution in [-0.4, -0.2) is 29.2 Å². The standard InChI is InChI=1S/C19H21NO4/c1-11-8-9-12(2)17(13(11)3)24-16(21)10-20-18(22)14-6-4-5-7-15(14)19(20)23/h4-5,8-9,14-15H,6-7,10H2,1-3H3. The first-order valence-corrected chi connectivity index (χ1v) is 8.18. The molecule has 1 aliphatic carbocycles. The van der Waals surface area contributed by atoms with Crippen LogP contribution < -0.4 is 4.74 Å². The maximum absolute atomic E-state index is 12.4. The molecule has 0 N–H and O–H groups in total. The number of allylic oxidation sites excluding steroid dienone is 2. The lowest BCUT2D eigenvalue weighted by Crippen LogP contribution is -2.37. The fourth-order valence-electron chi connectivity index (χ4n) is 3.38. The highest BCUT2D eigenvalue weighted by Crippen LogP contribution is 2.35. The Bertz CT molecular complexity index is 724. The van der Waals surface area contributed by atoms with E-state index in [0.717, 1.165) is 21.6 Å². The van der Waals surface area contributed by atoms with Crippen LogP contribution in [0.1, 0.15) is 29.5 Å². The molecular weight excluding hydrogens is 306 g/mol. The van der Waals surface area contributed by atoms with Crippen LogP contribution in [0.2, 0.25) is 0 Å². The third-order valence-corrected chi connectivity index (χ3v) is 4.98. The Morgan fingerprint density at radius 1 is 1.04 bits per heavy atom. The number of esters is 1. The number of likely N-dealkylation sites (tertiary alicyclic amines) is 1. The smallest absolute Gasteiger partial charge is 0.331 e. The van der Waals surface area contributed by atoms with E-state index in [1.807, 2.05) is 45.1 Å². The Morgan fingerprint density at radius 3 is 2.17 bits per heavy atom. The summed E-state index contributed by atoms with van der Waals surface area (Å²) in [5.74, 6) is -1.23. The Morgan fingerprint density at radius 2 is 1.58 bits per heavy atom. The summed E-state index contributed by atoms with van der Waals surface area (Å²) in [6.45, 7) is 5.37. The van der Waals surface area contributed by atoms with Gasteiger partial charge in [-0.2, -0.15) is 0 Å². The van der Waals surface area contributed by atoms with E-state index in [2.05, 4.69) is 0 Å². The van der Waals surface area contributed by atoms with Crippen molar-refractivity contribution in [1.82, 2.24) is 4.90 Å². The van der Waals surface area contributed by atoms with Crippen molar-refractivity contribution < 1.29 is 19.1 Å². The first-order valence-electron chi connectivity index (χ1n) is 8.18. The number of carbonyl (C=O) groups excluding carboxylic acids is 3. The van der Waals surface area contributed by atoms with Gasteiger partial charge in [0.1, 0.15) is 12.3 Å². The molecule has 1 aromatic rings.